The van der Waals surface area contributed by atoms with Crippen molar-refractivity contribution in [1.29, 1.82) is 0 Å². The van der Waals surface area contributed by atoms with Gasteiger partial charge in [0.05, 0.1) is 5.57 Å². The van der Waals surface area contributed by atoms with Crippen LogP contribution in [0, 0.1) is 5.92 Å². The van der Waals surface area contributed by atoms with Gasteiger partial charge in [-0.25, -0.2) is 4.79 Å². The fraction of sp³-hybridized carbons (Fsp3) is 0.444. The first-order valence-electron chi connectivity index (χ1n) is 3.65. The summed E-state index contributed by atoms with van der Waals surface area (Å²) < 4.78 is 0. The molecule has 0 radical (unpaired) electrons. The van der Waals surface area contributed by atoms with Crippen LogP contribution >= 0.6 is 0 Å². The van der Waals surface area contributed by atoms with Gasteiger partial charge in [-0.3, -0.25) is 0 Å². The zero-order chi connectivity index (χ0) is 8.85. The van der Waals surface area contributed by atoms with Gasteiger partial charge in [0.2, 0.25) is 0 Å². The summed E-state index contributed by atoms with van der Waals surface area (Å²) in [5, 5.41) is 8.57. The number of rotatable bonds is 3. The number of carbonyl (C=O) groups is 1. The van der Waals surface area contributed by atoms with Crippen LogP contribution in [-0.4, -0.2) is 11.1 Å². The quantitative estimate of drug-likeness (QED) is 0.500. The van der Waals surface area contributed by atoms with E-state index in [1.807, 2.05) is 19.9 Å². The van der Waals surface area contributed by atoms with E-state index in [-0.39, 0.29) is 0 Å². The molecule has 0 unspecified atom stereocenters. The van der Waals surface area contributed by atoms with Crippen molar-refractivity contribution in [3.8, 4) is 0 Å². The number of carboxylic acid groups (broad SMARTS) is 1. The van der Waals surface area contributed by atoms with E-state index in [0.717, 1.165) is 0 Å². The normalized spacial score (nSPS) is 12.9. The van der Waals surface area contributed by atoms with Crippen molar-refractivity contribution in [2.75, 3.05) is 0 Å². The van der Waals surface area contributed by atoms with Gasteiger partial charge < -0.3 is 5.11 Å². The number of hydrogen-bond acceptors (Lipinski definition) is 1. The second kappa shape index (κ2) is 4.72. The topological polar surface area (TPSA) is 37.3 Å². The lowest BCUT2D eigenvalue weighted by atomic mass is 10.1. The largest absolute Gasteiger partial charge is 0.478 e. The van der Waals surface area contributed by atoms with Crippen LogP contribution in [0.5, 0.6) is 0 Å². The maximum absolute atomic E-state index is 10.4. The first-order chi connectivity index (χ1) is 5.07. The highest BCUT2D eigenvalue weighted by molar-refractivity contribution is 5.89. The summed E-state index contributed by atoms with van der Waals surface area (Å²) in [4.78, 5) is 10.4. The van der Waals surface area contributed by atoms with Gasteiger partial charge in [0.1, 0.15) is 0 Å². The van der Waals surface area contributed by atoms with E-state index in [9.17, 15) is 4.79 Å². The van der Waals surface area contributed by atoms with E-state index in [1.54, 1.807) is 19.1 Å². The van der Waals surface area contributed by atoms with Crippen molar-refractivity contribution in [2.45, 2.75) is 20.8 Å². The van der Waals surface area contributed by atoms with Crippen molar-refractivity contribution in [1.82, 2.24) is 0 Å². The molecule has 0 aromatic carbocycles. The van der Waals surface area contributed by atoms with Gasteiger partial charge in [0, 0.05) is 0 Å². The lowest BCUT2D eigenvalue weighted by molar-refractivity contribution is -0.132. The molecule has 1 N–H and O–H groups in total. The molecule has 2 heteroatoms. The zero-order valence-electron chi connectivity index (χ0n) is 7.16. The molecule has 0 heterocycles. The van der Waals surface area contributed by atoms with E-state index < -0.39 is 5.97 Å². The second-order valence-corrected chi connectivity index (χ2v) is 2.65. The minimum atomic E-state index is -0.871. The molecule has 0 saturated heterocycles. The summed E-state index contributed by atoms with van der Waals surface area (Å²) in [6.07, 6.45) is 5.08. The van der Waals surface area contributed by atoms with Gasteiger partial charge in [0.15, 0.2) is 0 Å². The summed E-state index contributed by atoms with van der Waals surface area (Å²) in [5.41, 5.74) is 0.346. The van der Waals surface area contributed by atoms with Crippen molar-refractivity contribution in [3.05, 3.63) is 23.8 Å². The summed E-state index contributed by atoms with van der Waals surface area (Å²) in [5.74, 6) is -0.478. The molecular formula is C9H14O2. The van der Waals surface area contributed by atoms with Gasteiger partial charge in [-0.1, -0.05) is 32.1 Å². The van der Waals surface area contributed by atoms with Crippen molar-refractivity contribution >= 4 is 5.97 Å². The molecule has 0 aromatic heterocycles. The Morgan fingerprint density at radius 2 is 2.00 bits per heavy atom. The van der Waals surface area contributed by atoms with Gasteiger partial charge in [-0.2, -0.15) is 0 Å². The third-order valence-electron chi connectivity index (χ3n) is 1.22. The molecule has 0 aliphatic rings. The Morgan fingerprint density at radius 1 is 1.45 bits per heavy atom. The Hall–Kier alpha value is -1.05. The van der Waals surface area contributed by atoms with E-state index in [4.69, 9.17) is 5.11 Å². The molecule has 0 bridgehead atoms. The Morgan fingerprint density at radius 3 is 2.27 bits per heavy atom. The predicted octanol–water partition coefficient (Wildman–Crippen LogP) is 2.23. The summed E-state index contributed by atoms with van der Waals surface area (Å²) in [7, 11) is 0. The Labute approximate surface area is 67.2 Å². The average molecular weight is 154 g/mol. The zero-order valence-corrected chi connectivity index (χ0v) is 7.16. The molecule has 0 aliphatic carbocycles. The first kappa shape index (κ1) is 9.95. The van der Waals surface area contributed by atoms with Crippen molar-refractivity contribution in [2.24, 2.45) is 5.92 Å². The van der Waals surface area contributed by atoms with Crippen LogP contribution in [-0.2, 0) is 4.79 Å². The van der Waals surface area contributed by atoms with Crippen LogP contribution < -0.4 is 0 Å². The monoisotopic (exact) mass is 154 g/mol. The Bertz CT molecular complexity index is 188. The van der Waals surface area contributed by atoms with E-state index in [2.05, 4.69) is 0 Å². The fourth-order valence-electron chi connectivity index (χ4n) is 0.587. The highest BCUT2D eigenvalue weighted by atomic mass is 16.4. The summed E-state index contributed by atoms with van der Waals surface area (Å²) in [6.45, 7) is 5.73. The van der Waals surface area contributed by atoms with Crippen LogP contribution in [0.4, 0.5) is 0 Å². The number of carboxylic acids is 1. The van der Waals surface area contributed by atoms with Crippen LogP contribution in [0.25, 0.3) is 0 Å². The van der Waals surface area contributed by atoms with E-state index in [1.165, 1.54) is 0 Å². The molecular weight excluding hydrogens is 140 g/mol. The third kappa shape index (κ3) is 4.37. The number of allylic oxidation sites excluding steroid dienone is 2. The molecule has 62 valence electrons. The minimum absolute atomic E-state index is 0.346. The fourth-order valence-corrected chi connectivity index (χ4v) is 0.587. The van der Waals surface area contributed by atoms with E-state index >= 15 is 0 Å². The van der Waals surface area contributed by atoms with Gasteiger partial charge >= 0.3 is 5.97 Å². The maximum atomic E-state index is 10.4. The van der Waals surface area contributed by atoms with Crippen molar-refractivity contribution < 1.29 is 9.90 Å². The van der Waals surface area contributed by atoms with Crippen LogP contribution in [0.2, 0.25) is 0 Å². The number of aliphatic carboxylic acids is 1. The summed E-state index contributed by atoms with van der Waals surface area (Å²) >= 11 is 0. The smallest absolute Gasteiger partial charge is 0.335 e. The molecule has 0 fully saturated rings. The molecule has 0 rings (SSSR count). The Balaban J connectivity index is 4.22. The molecule has 0 saturated carbocycles. The lowest BCUT2D eigenvalue weighted by Crippen LogP contribution is -1.97. The van der Waals surface area contributed by atoms with Gasteiger partial charge in [-0.15, -0.1) is 0 Å². The van der Waals surface area contributed by atoms with Crippen LogP contribution in [0.3, 0.4) is 0 Å². The minimum Gasteiger partial charge on any atom is -0.478 e. The predicted molar refractivity (Wildman–Crippen MR) is 45.4 cm³/mol. The lowest BCUT2D eigenvalue weighted by Gasteiger charge is -1.94. The molecule has 11 heavy (non-hydrogen) atoms. The van der Waals surface area contributed by atoms with Gasteiger partial charge in [-0.05, 0) is 12.8 Å². The van der Waals surface area contributed by atoms with Crippen LogP contribution in [0.15, 0.2) is 23.8 Å². The molecule has 2 nitrogen and oxygen atoms in total. The average Bonchev–Trinajstić information content (AvgIpc) is 1.87. The molecule has 0 amide bonds. The molecule has 0 aromatic rings. The van der Waals surface area contributed by atoms with E-state index in [0.29, 0.717) is 11.5 Å². The van der Waals surface area contributed by atoms with Crippen LogP contribution in [0.1, 0.15) is 20.8 Å². The number of hydrogen-bond donors (Lipinski definition) is 1. The Kier molecular flexibility index (Phi) is 4.27. The second-order valence-electron chi connectivity index (χ2n) is 2.65. The molecule has 0 spiro atoms. The SMILES string of the molecule is C/C=C(\C=C/C(C)C)C(=O)O. The first-order valence-corrected chi connectivity index (χ1v) is 3.65. The van der Waals surface area contributed by atoms with Crippen molar-refractivity contribution in [3.63, 3.8) is 0 Å². The summed E-state index contributed by atoms with van der Waals surface area (Å²) in [6, 6.07) is 0. The molecule has 0 atom stereocenters. The maximum Gasteiger partial charge on any atom is 0.335 e. The third-order valence-corrected chi connectivity index (χ3v) is 1.22. The van der Waals surface area contributed by atoms with Gasteiger partial charge in [0.25, 0.3) is 0 Å². The standard InChI is InChI=1S/C9H14O2/c1-4-8(9(10)11)6-5-7(2)3/h4-7H,1-3H3,(H,10,11)/b6-5-,8-4+. The molecule has 0 aliphatic heterocycles. The highest BCUT2D eigenvalue weighted by Gasteiger charge is 1.99. The highest BCUT2D eigenvalue weighted by Crippen LogP contribution is 2.01.